The highest BCUT2D eigenvalue weighted by molar-refractivity contribution is 5.95. The monoisotopic (exact) mass is 353 g/mol. The van der Waals surface area contributed by atoms with Gasteiger partial charge in [0, 0.05) is 18.7 Å². The summed E-state index contributed by atoms with van der Waals surface area (Å²) in [6.07, 6.45) is 3.11. The van der Waals surface area contributed by atoms with E-state index < -0.39 is 0 Å². The third-order valence-corrected chi connectivity index (χ3v) is 5.20. The molecule has 2 heterocycles. The van der Waals surface area contributed by atoms with Crippen LogP contribution in [0.1, 0.15) is 28.8 Å². The third kappa shape index (κ3) is 3.47. The van der Waals surface area contributed by atoms with Crippen LogP contribution in [0.3, 0.4) is 0 Å². The zero-order valence-corrected chi connectivity index (χ0v) is 14.9. The Kier molecular flexibility index (Phi) is 4.69. The van der Waals surface area contributed by atoms with Crippen molar-refractivity contribution >= 4 is 5.91 Å². The molecule has 26 heavy (non-hydrogen) atoms. The number of carbonyl (C=O) groups is 1. The first-order valence-corrected chi connectivity index (χ1v) is 9.05. The number of hydrogen-bond donors (Lipinski definition) is 0. The summed E-state index contributed by atoms with van der Waals surface area (Å²) in [5.74, 6) is 2.94. The summed E-state index contributed by atoms with van der Waals surface area (Å²) in [5, 5.41) is 0. The molecule has 0 N–H and O–H groups in total. The first-order valence-electron chi connectivity index (χ1n) is 9.05. The van der Waals surface area contributed by atoms with Crippen molar-refractivity contribution in [2.24, 2.45) is 5.92 Å². The Morgan fingerprint density at radius 2 is 1.81 bits per heavy atom. The molecule has 4 rings (SSSR count). The summed E-state index contributed by atoms with van der Waals surface area (Å²) in [6, 6.07) is 13.7. The maximum atomic E-state index is 12.8. The lowest BCUT2D eigenvalue weighted by atomic mass is 9.90. The number of amides is 1. The maximum Gasteiger partial charge on any atom is 0.253 e. The molecule has 1 amide bonds. The third-order valence-electron chi connectivity index (χ3n) is 5.20. The second-order valence-electron chi connectivity index (χ2n) is 6.86. The molecular weight excluding hydrogens is 330 g/mol. The molecule has 0 atom stereocenters. The summed E-state index contributed by atoms with van der Waals surface area (Å²) in [5.41, 5.74) is 1.99. The van der Waals surface area contributed by atoms with Crippen molar-refractivity contribution in [3.8, 4) is 17.2 Å². The number of fused-ring (bicyclic) bond motifs is 1. The van der Waals surface area contributed by atoms with Gasteiger partial charge < -0.3 is 19.1 Å². The normalized spacial score (nSPS) is 16.6. The predicted octanol–water partition coefficient (Wildman–Crippen LogP) is 3.52. The van der Waals surface area contributed by atoms with Gasteiger partial charge >= 0.3 is 0 Å². The number of rotatable bonds is 4. The Balaban J connectivity index is 1.33. The summed E-state index contributed by atoms with van der Waals surface area (Å²) in [7, 11) is 1.68. The Morgan fingerprint density at radius 1 is 1.08 bits per heavy atom. The molecule has 2 aliphatic heterocycles. The Bertz CT molecular complexity index is 779. The lowest BCUT2D eigenvalue weighted by molar-refractivity contribution is 0.0690. The van der Waals surface area contributed by atoms with Crippen LogP contribution in [0.4, 0.5) is 0 Å². The number of methoxy groups -OCH3 is 1. The van der Waals surface area contributed by atoms with Gasteiger partial charge in [-0.2, -0.15) is 0 Å². The topological polar surface area (TPSA) is 48.0 Å². The average Bonchev–Trinajstić information content (AvgIpc) is 3.16. The first kappa shape index (κ1) is 16.8. The van der Waals surface area contributed by atoms with Crippen LogP contribution < -0.4 is 14.2 Å². The van der Waals surface area contributed by atoms with Gasteiger partial charge in [0.15, 0.2) is 11.5 Å². The van der Waals surface area contributed by atoms with Crippen LogP contribution in [0.15, 0.2) is 42.5 Å². The maximum absolute atomic E-state index is 12.8. The van der Waals surface area contributed by atoms with Crippen LogP contribution >= 0.6 is 0 Å². The van der Waals surface area contributed by atoms with E-state index in [1.807, 2.05) is 29.2 Å². The fourth-order valence-corrected chi connectivity index (χ4v) is 3.65. The number of piperidine rings is 1. The van der Waals surface area contributed by atoms with Gasteiger partial charge in [-0.15, -0.1) is 0 Å². The molecular formula is C21H23NO4. The van der Waals surface area contributed by atoms with E-state index in [0.717, 1.165) is 38.1 Å². The fraction of sp³-hybridized carbons (Fsp3) is 0.381. The lowest BCUT2D eigenvalue weighted by Crippen LogP contribution is -2.38. The van der Waals surface area contributed by atoms with Gasteiger partial charge in [0.1, 0.15) is 5.75 Å². The summed E-state index contributed by atoms with van der Waals surface area (Å²) in [6.45, 7) is 1.83. The van der Waals surface area contributed by atoms with Crippen LogP contribution in [0, 0.1) is 5.92 Å². The second-order valence-corrected chi connectivity index (χ2v) is 6.86. The van der Waals surface area contributed by atoms with Crippen LogP contribution in [0.25, 0.3) is 0 Å². The van der Waals surface area contributed by atoms with Crippen molar-refractivity contribution in [2.45, 2.75) is 19.3 Å². The van der Waals surface area contributed by atoms with Crippen LogP contribution in [0.5, 0.6) is 17.2 Å². The van der Waals surface area contributed by atoms with E-state index >= 15 is 0 Å². The van der Waals surface area contributed by atoms with Crippen molar-refractivity contribution in [2.75, 3.05) is 27.0 Å². The minimum absolute atomic E-state index is 0.0752. The number of likely N-dealkylation sites (tertiary alicyclic amines) is 1. The van der Waals surface area contributed by atoms with Crippen molar-refractivity contribution in [3.05, 3.63) is 53.6 Å². The highest BCUT2D eigenvalue weighted by Gasteiger charge is 2.25. The number of ether oxygens (including phenoxy) is 3. The standard InChI is InChI=1S/C21H23NO4/c1-24-18-5-2-15(3-6-18)12-16-8-10-22(11-9-16)21(23)17-4-7-19-20(13-17)26-14-25-19/h2-7,13,16H,8-12,14H2,1H3. The number of carbonyl (C=O) groups excluding carboxylic acids is 1. The molecule has 5 nitrogen and oxygen atoms in total. The van der Waals surface area contributed by atoms with Gasteiger partial charge in [-0.25, -0.2) is 0 Å². The SMILES string of the molecule is COc1ccc(CC2CCN(C(=O)c3ccc4c(c3)OCO4)CC2)cc1. The molecule has 5 heteroatoms. The second kappa shape index (κ2) is 7.28. The smallest absolute Gasteiger partial charge is 0.253 e. The van der Waals surface area contributed by atoms with Gasteiger partial charge in [0.05, 0.1) is 7.11 Å². The molecule has 1 fully saturated rings. The molecule has 0 spiro atoms. The molecule has 2 aromatic carbocycles. The van der Waals surface area contributed by atoms with Gasteiger partial charge in [-0.1, -0.05) is 12.1 Å². The summed E-state index contributed by atoms with van der Waals surface area (Å²) < 4.78 is 15.9. The van der Waals surface area contributed by atoms with Crippen LogP contribution in [0.2, 0.25) is 0 Å². The molecule has 0 aromatic heterocycles. The zero-order valence-electron chi connectivity index (χ0n) is 14.9. The van der Waals surface area contributed by atoms with E-state index in [1.165, 1.54) is 5.56 Å². The minimum atomic E-state index is 0.0752. The van der Waals surface area contributed by atoms with Crippen molar-refractivity contribution in [1.29, 1.82) is 0 Å². The van der Waals surface area contributed by atoms with Crippen LogP contribution in [-0.2, 0) is 6.42 Å². The van der Waals surface area contributed by atoms with Crippen LogP contribution in [-0.4, -0.2) is 37.8 Å². The Morgan fingerprint density at radius 3 is 2.54 bits per heavy atom. The van der Waals surface area contributed by atoms with Crippen molar-refractivity contribution in [3.63, 3.8) is 0 Å². The lowest BCUT2D eigenvalue weighted by Gasteiger charge is -2.32. The Hall–Kier alpha value is -2.69. The number of benzene rings is 2. The zero-order chi connectivity index (χ0) is 17.9. The predicted molar refractivity (Wildman–Crippen MR) is 97.9 cm³/mol. The molecule has 136 valence electrons. The molecule has 0 bridgehead atoms. The highest BCUT2D eigenvalue weighted by Crippen LogP contribution is 2.33. The number of hydrogen-bond acceptors (Lipinski definition) is 4. The molecule has 0 aliphatic carbocycles. The van der Waals surface area contributed by atoms with Gasteiger partial charge in [0.2, 0.25) is 6.79 Å². The molecule has 0 unspecified atom stereocenters. The largest absolute Gasteiger partial charge is 0.497 e. The van der Waals surface area contributed by atoms with E-state index in [0.29, 0.717) is 23.0 Å². The van der Waals surface area contributed by atoms with E-state index in [4.69, 9.17) is 14.2 Å². The highest BCUT2D eigenvalue weighted by atomic mass is 16.7. The van der Waals surface area contributed by atoms with Crippen molar-refractivity contribution in [1.82, 2.24) is 4.90 Å². The Labute approximate surface area is 153 Å². The summed E-state index contributed by atoms with van der Waals surface area (Å²) in [4.78, 5) is 14.7. The van der Waals surface area contributed by atoms with E-state index in [1.54, 1.807) is 13.2 Å². The average molecular weight is 353 g/mol. The van der Waals surface area contributed by atoms with Gasteiger partial charge in [-0.05, 0) is 61.1 Å². The van der Waals surface area contributed by atoms with Gasteiger partial charge in [-0.3, -0.25) is 4.79 Å². The molecule has 0 radical (unpaired) electrons. The quantitative estimate of drug-likeness (QED) is 0.844. The number of nitrogens with zero attached hydrogens (tertiary/aromatic N) is 1. The first-order chi connectivity index (χ1) is 12.7. The molecule has 2 aliphatic rings. The van der Waals surface area contributed by atoms with E-state index in [-0.39, 0.29) is 12.7 Å². The summed E-state index contributed by atoms with van der Waals surface area (Å²) >= 11 is 0. The van der Waals surface area contributed by atoms with Crippen molar-refractivity contribution < 1.29 is 19.0 Å². The molecule has 2 aromatic rings. The van der Waals surface area contributed by atoms with E-state index in [9.17, 15) is 4.79 Å². The van der Waals surface area contributed by atoms with Gasteiger partial charge in [0.25, 0.3) is 5.91 Å². The van der Waals surface area contributed by atoms with E-state index in [2.05, 4.69) is 12.1 Å². The molecule has 0 saturated carbocycles. The minimum Gasteiger partial charge on any atom is -0.497 e. The molecule has 1 saturated heterocycles. The fourth-order valence-electron chi connectivity index (χ4n) is 3.65.